The summed E-state index contributed by atoms with van der Waals surface area (Å²) < 4.78 is 4.89. The van der Waals surface area contributed by atoms with Crippen LogP contribution in [0.4, 0.5) is 0 Å². The number of benzene rings is 1. The van der Waals surface area contributed by atoms with E-state index in [-0.39, 0.29) is 17.9 Å². The maximum atomic E-state index is 10.4. The first-order valence-corrected chi connectivity index (χ1v) is 4.39. The van der Waals surface area contributed by atoms with Gasteiger partial charge in [-0.05, 0) is 17.7 Å². The summed E-state index contributed by atoms with van der Waals surface area (Å²) in [6, 6.07) is 3.93. The smallest absolute Gasteiger partial charge is 0.305 e. The van der Waals surface area contributed by atoms with Gasteiger partial charge in [0.25, 0.3) is 0 Å². The van der Waals surface area contributed by atoms with Crippen molar-refractivity contribution >= 4 is 5.97 Å². The van der Waals surface area contributed by atoms with E-state index in [1.165, 1.54) is 19.2 Å². The third-order valence-corrected chi connectivity index (χ3v) is 2.03. The van der Waals surface area contributed by atoms with Gasteiger partial charge >= 0.3 is 5.97 Å². The molecule has 0 aromatic heterocycles. The molecule has 1 unspecified atom stereocenters. The number of hydrogen-bond acceptors (Lipinski definition) is 4. The molecule has 1 rings (SSSR count). The van der Waals surface area contributed by atoms with Gasteiger partial charge in [-0.25, -0.2) is 0 Å². The third-order valence-electron chi connectivity index (χ3n) is 2.03. The minimum atomic E-state index is -0.963. The van der Waals surface area contributed by atoms with E-state index in [0.29, 0.717) is 5.56 Å². The van der Waals surface area contributed by atoms with Crippen LogP contribution in [0.25, 0.3) is 0 Å². The number of carboxylic acid groups (broad SMARTS) is 1. The van der Waals surface area contributed by atoms with Crippen molar-refractivity contribution in [3.63, 3.8) is 0 Å². The molecular weight excluding hydrogens is 198 g/mol. The molecule has 0 bridgehead atoms. The summed E-state index contributed by atoms with van der Waals surface area (Å²) in [6.45, 7) is 0. The SMILES string of the molecule is COc1cc(C(N)CC(=O)O)ccc1O. The van der Waals surface area contributed by atoms with Gasteiger partial charge in [0.05, 0.1) is 13.5 Å². The molecule has 1 aromatic rings. The average Bonchev–Trinajstić information content (AvgIpc) is 2.17. The van der Waals surface area contributed by atoms with E-state index in [1.807, 2.05) is 0 Å². The number of hydrogen-bond donors (Lipinski definition) is 3. The summed E-state index contributed by atoms with van der Waals surface area (Å²) in [5, 5.41) is 17.9. The first kappa shape index (κ1) is 11.3. The predicted molar refractivity (Wildman–Crippen MR) is 53.8 cm³/mol. The molecule has 0 saturated heterocycles. The zero-order valence-electron chi connectivity index (χ0n) is 8.30. The highest BCUT2D eigenvalue weighted by atomic mass is 16.5. The Bertz CT molecular complexity index is 364. The number of methoxy groups -OCH3 is 1. The van der Waals surface area contributed by atoms with Gasteiger partial charge in [-0.2, -0.15) is 0 Å². The number of aromatic hydroxyl groups is 1. The van der Waals surface area contributed by atoms with Crippen molar-refractivity contribution in [1.82, 2.24) is 0 Å². The Labute approximate surface area is 87.1 Å². The second kappa shape index (κ2) is 4.65. The highest BCUT2D eigenvalue weighted by Crippen LogP contribution is 2.28. The average molecular weight is 211 g/mol. The zero-order chi connectivity index (χ0) is 11.4. The van der Waals surface area contributed by atoms with Crippen molar-refractivity contribution in [1.29, 1.82) is 0 Å². The second-order valence-corrected chi connectivity index (χ2v) is 3.14. The van der Waals surface area contributed by atoms with E-state index in [0.717, 1.165) is 0 Å². The van der Waals surface area contributed by atoms with Crippen LogP contribution in [-0.4, -0.2) is 23.3 Å². The van der Waals surface area contributed by atoms with Crippen molar-refractivity contribution in [2.24, 2.45) is 5.73 Å². The Morgan fingerprint density at radius 2 is 2.27 bits per heavy atom. The van der Waals surface area contributed by atoms with E-state index in [9.17, 15) is 9.90 Å². The van der Waals surface area contributed by atoms with Crippen molar-refractivity contribution in [3.8, 4) is 11.5 Å². The molecule has 0 aliphatic carbocycles. The molecule has 5 nitrogen and oxygen atoms in total. The summed E-state index contributed by atoms with van der Waals surface area (Å²) in [5.41, 5.74) is 6.27. The van der Waals surface area contributed by atoms with Gasteiger partial charge in [0.1, 0.15) is 0 Å². The lowest BCUT2D eigenvalue weighted by molar-refractivity contribution is -0.137. The Kier molecular flexibility index (Phi) is 3.51. The van der Waals surface area contributed by atoms with E-state index >= 15 is 0 Å². The lowest BCUT2D eigenvalue weighted by atomic mass is 10.0. The predicted octanol–water partition coefficient (Wildman–Crippen LogP) is 0.875. The highest BCUT2D eigenvalue weighted by Gasteiger charge is 2.12. The van der Waals surface area contributed by atoms with Gasteiger partial charge in [0.2, 0.25) is 0 Å². The number of carboxylic acids is 1. The molecule has 5 heteroatoms. The van der Waals surface area contributed by atoms with Gasteiger partial charge < -0.3 is 20.7 Å². The Hall–Kier alpha value is -1.75. The second-order valence-electron chi connectivity index (χ2n) is 3.14. The topological polar surface area (TPSA) is 92.8 Å². The van der Waals surface area contributed by atoms with E-state index in [2.05, 4.69) is 0 Å². The van der Waals surface area contributed by atoms with Crippen molar-refractivity contribution in [2.45, 2.75) is 12.5 Å². The van der Waals surface area contributed by atoms with Crippen LogP contribution in [0.1, 0.15) is 18.0 Å². The molecule has 0 fully saturated rings. The minimum Gasteiger partial charge on any atom is -0.504 e. The largest absolute Gasteiger partial charge is 0.504 e. The summed E-state index contributed by atoms with van der Waals surface area (Å²) in [4.78, 5) is 10.4. The van der Waals surface area contributed by atoms with Crippen molar-refractivity contribution in [3.05, 3.63) is 23.8 Å². The van der Waals surface area contributed by atoms with Gasteiger partial charge in [-0.15, -0.1) is 0 Å². The summed E-state index contributed by atoms with van der Waals surface area (Å²) in [5.74, 6) is -0.674. The summed E-state index contributed by atoms with van der Waals surface area (Å²) in [7, 11) is 1.42. The molecule has 0 saturated carbocycles. The fourth-order valence-corrected chi connectivity index (χ4v) is 1.23. The Morgan fingerprint density at radius 1 is 1.60 bits per heavy atom. The van der Waals surface area contributed by atoms with Crippen LogP contribution >= 0.6 is 0 Å². The molecule has 1 aromatic carbocycles. The molecule has 0 amide bonds. The fraction of sp³-hybridized carbons (Fsp3) is 0.300. The first-order valence-electron chi connectivity index (χ1n) is 4.39. The molecule has 1 atom stereocenters. The third kappa shape index (κ3) is 2.85. The number of aliphatic carboxylic acids is 1. The molecule has 4 N–H and O–H groups in total. The lowest BCUT2D eigenvalue weighted by Crippen LogP contribution is -2.14. The van der Waals surface area contributed by atoms with E-state index in [4.69, 9.17) is 15.6 Å². The van der Waals surface area contributed by atoms with Crippen LogP contribution in [0.2, 0.25) is 0 Å². The maximum absolute atomic E-state index is 10.4. The number of carbonyl (C=O) groups is 1. The summed E-state index contributed by atoms with van der Waals surface area (Å²) >= 11 is 0. The molecule has 15 heavy (non-hydrogen) atoms. The van der Waals surface area contributed by atoms with Crippen LogP contribution in [0.3, 0.4) is 0 Å². The van der Waals surface area contributed by atoms with E-state index < -0.39 is 12.0 Å². The van der Waals surface area contributed by atoms with Gasteiger partial charge in [0, 0.05) is 6.04 Å². The number of nitrogens with two attached hydrogens (primary N) is 1. The molecule has 0 heterocycles. The number of phenolic OH excluding ortho intramolecular Hbond substituents is 1. The lowest BCUT2D eigenvalue weighted by Gasteiger charge is -2.11. The molecular formula is C10H13NO4. The van der Waals surface area contributed by atoms with Gasteiger partial charge in [-0.3, -0.25) is 4.79 Å². The Morgan fingerprint density at radius 3 is 2.80 bits per heavy atom. The van der Waals surface area contributed by atoms with Gasteiger partial charge in [-0.1, -0.05) is 6.07 Å². The van der Waals surface area contributed by atoms with Gasteiger partial charge in [0.15, 0.2) is 11.5 Å². The zero-order valence-corrected chi connectivity index (χ0v) is 8.30. The van der Waals surface area contributed by atoms with Crippen LogP contribution in [-0.2, 0) is 4.79 Å². The minimum absolute atomic E-state index is 0.00350. The van der Waals surface area contributed by atoms with Crippen LogP contribution in [0.15, 0.2) is 18.2 Å². The highest BCUT2D eigenvalue weighted by molar-refractivity contribution is 5.68. The van der Waals surface area contributed by atoms with Crippen molar-refractivity contribution in [2.75, 3.05) is 7.11 Å². The fourth-order valence-electron chi connectivity index (χ4n) is 1.23. The monoisotopic (exact) mass is 211 g/mol. The standard InChI is InChI=1S/C10H13NO4/c1-15-9-4-6(2-3-8(9)12)7(11)5-10(13)14/h2-4,7,12H,5,11H2,1H3,(H,13,14). The molecule has 0 aliphatic rings. The number of phenols is 1. The van der Waals surface area contributed by atoms with Crippen LogP contribution < -0.4 is 10.5 Å². The van der Waals surface area contributed by atoms with Crippen molar-refractivity contribution < 1.29 is 19.7 Å². The number of ether oxygens (including phenoxy) is 1. The number of rotatable bonds is 4. The first-order chi connectivity index (χ1) is 7.04. The normalized spacial score (nSPS) is 12.1. The maximum Gasteiger partial charge on any atom is 0.305 e. The molecule has 0 radical (unpaired) electrons. The van der Waals surface area contributed by atoms with Crippen LogP contribution in [0, 0.1) is 0 Å². The quantitative estimate of drug-likeness (QED) is 0.687. The Balaban J connectivity index is 2.90. The molecule has 0 spiro atoms. The summed E-state index contributed by atoms with van der Waals surface area (Å²) in [6.07, 6.45) is -0.159. The van der Waals surface area contributed by atoms with Crippen LogP contribution in [0.5, 0.6) is 11.5 Å². The molecule has 0 aliphatic heterocycles. The van der Waals surface area contributed by atoms with E-state index in [1.54, 1.807) is 6.07 Å². The molecule has 82 valence electrons.